The summed E-state index contributed by atoms with van der Waals surface area (Å²) in [6.45, 7) is 1.60. The molecule has 82 valence electrons. The second kappa shape index (κ2) is 5.23. The number of hydrogen-bond donors (Lipinski definition) is 0. The van der Waals surface area contributed by atoms with E-state index in [0.29, 0.717) is 4.67 Å². The summed E-state index contributed by atoms with van der Waals surface area (Å²) in [6, 6.07) is 3.13. The zero-order chi connectivity index (χ0) is 11.4. The van der Waals surface area contributed by atoms with E-state index >= 15 is 0 Å². The molecule has 0 N–H and O–H groups in total. The highest BCUT2D eigenvalue weighted by atomic mass is 79.9. The van der Waals surface area contributed by atoms with Crippen molar-refractivity contribution in [2.24, 2.45) is 0 Å². The summed E-state index contributed by atoms with van der Waals surface area (Å²) in [5.74, 6) is -0.414. The third-order valence-corrected chi connectivity index (χ3v) is 2.42. The van der Waals surface area contributed by atoms with Crippen molar-refractivity contribution in [1.29, 1.82) is 0 Å². The third-order valence-electron chi connectivity index (χ3n) is 1.99. The van der Waals surface area contributed by atoms with Gasteiger partial charge in [-0.3, -0.25) is 9.59 Å². The molecule has 15 heavy (non-hydrogen) atoms. The Balaban J connectivity index is 2.60. The maximum atomic E-state index is 11.5. The summed E-state index contributed by atoms with van der Waals surface area (Å²) in [5, 5.41) is 0. The van der Waals surface area contributed by atoms with E-state index < -0.39 is 6.10 Å². The van der Waals surface area contributed by atoms with Crippen LogP contribution in [0.3, 0.4) is 0 Å². The molecule has 0 fully saturated rings. The van der Waals surface area contributed by atoms with Gasteiger partial charge < -0.3 is 9.15 Å². The van der Waals surface area contributed by atoms with Crippen LogP contribution in [0, 0.1) is 0 Å². The fraction of sp³-hybridized carbons (Fsp3) is 0.400. The average molecular weight is 275 g/mol. The molecule has 1 aromatic rings. The molecule has 1 atom stereocenters. The molecule has 1 aromatic heterocycles. The van der Waals surface area contributed by atoms with Crippen molar-refractivity contribution in [3.8, 4) is 0 Å². The van der Waals surface area contributed by atoms with E-state index in [-0.39, 0.29) is 23.7 Å². The van der Waals surface area contributed by atoms with E-state index in [9.17, 15) is 9.59 Å². The van der Waals surface area contributed by atoms with Gasteiger partial charge in [0.05, 0.1) is 6.42 Å². The largest absolute Gasteiger partial charge is 0.446 e. The van der Waals surface area contributed by atoms with E-state index in [1.165, 1.54) is 13.2 Å². The van der Waals surface area contributed by atoms with Gasteiger partial charge in [-0.1, -0.05) is 0 Å². The topological polar surface area (TPSA) is 56.5 Å². The minimum Gasteiger partial charge on any atom is -0.446 e. The molecule has 0 aromatic carbocycles. The molecule has 0 radical (unpaired) electrons. The van der Waals surface area contributed by atoms with Gasteiger partial charge in [-0.25, -0.2) is 0 Å². The van der Waals surface area contributed by atoms with Crippen LogP contribution in [0.25, 0.3) is 0 Å². The number of furan rings is 1. The molecular weight excluding hydrogens is 264 g/mol. The number of ketones is 2. The van der Waals surface area contributed by atoms with Crippen molar-refractivity contribution in [1.82, 2.24) is 0 Å². The van der Waals surface area contributed by atoms with E-state index in [2.05, 4.69) is 15.9 Å². The van der Waals surface area contributed by atoms with E-state index in [1.807, 2.05) is 0 Å². The Morgan fingerprint density at radius 3 is 2.67 bits per heavy atom. The number of Topliss-reactive ketones (excluding diaryl/α,β-unsaturated/α-hetero) is 2. The van der Waals surface area contributed by atoms with Crippen molar-refractivity contribution < 1.29 is 18.7 Å². The smallest absolute Gasteiger partial charge is 0.205 e. The molecule has 4 nitrogen and oxygen atoms in total. The molecule has 0 amide bonds. The second-order valence-electron chi connectivity index (χ2n) is 3.05. The first-order valence-corrected chi connectivity index (χ1v) is 5.18. The van der Waals surface area contributed by atoms with E-state index in [4.69, 9.17) is 9.15 Å². The van der Waals surface area contributed by atoms with Crippen LogP contribution in [0.2, 0.25) is 0 Å². The molecular formula is C10H11BrO4. The van der Waals surface area contributed by atoms with Gasteiger partial charge in [-0.15, -0.1) is 0 Å². The summed E-state index contributed by atoms with van der Waals surface area (Å²) in [6.07, 6.45) is -0.762. The molecule has 0 aliphatic heterocycles. The van der Waals surface area contributed by atoms with Gasteiger partial charge in [0.2, 0.25) is 5.78 Å². The Kier molecular flexibility index (Phi) is 4.23. The lowest BCUT2D eigenvalue weighted by Gasteiger charge is -2.05. The fourth-order valence-corrected chi connectivity index (χ4v) is 1.29. The van der Waals surface area contributed by atoms with Crippen molar-refractivity contribution in [2.75, 3.05) is 7.11 Å². The van der Waals surface area contributed by atoms with E-state index in [0.717, 1.165) is 0 Å². The molecule has 0 saturated heterocycles. The number of hydrogen-bond acceptors (Lipinski definition) is 4. The van der Waals surface area contributed by atoms with Gasteiger partial charge >= 0.3 is 0 Å². The molecule has 1 rings (SSSR count). The van der Waals surface area contributed by atoms with Gasteiger partial charge in [-0.2, -0.15) is 0 Å². The predicted molar refractivity (Wildman–Crippen MR) is 56.8 cm³/mol. The van der Waals surface area contributed by atoms with Crippen LogP contribution in [0.15, 0.2) is 21.2 Å². The quantitative estimate of drug-likeness (QED) is 0.610. The summed E-state index contributed by atoms with van der Waals surface area (Å²) in [7, 11) is 1.43. The van der Waals surface area contributed by atoms with E-state index in [1.54, 1.807) is 13.0 Å². The van der Waals surface area contributed by atoms with Crippen LogP contribution < -0.4 is 0 Å². The summed E-state index contributed by atoms with van der Waals surface area (Å²) in [5.41, 5.74) is 0. The van der Waals surface area contributed by atoms with Crippen molar-refractivity contribution in [2.45, 2.75) is 19.4 Å². The first-order chi connectivity index (χ1) is 7.04. The highest BCUT2D eigenvalue weighted by Gasteiger charge is 2.19. The molecule has 0 spiro atoms. The van der Waals surface area contributed by atoms with Crippen LogP contribution in [0.4, 0.5) is 0 Å². The van der Waals surface area contributed by atoms with Gasteiger partial charge in [0, 0.05) is 7.11 Å². The minimum atomic E-state index is -0.563. The molecule has 5 heteroatoms. The molecule has 1 heterocycles. The monoisotopic (exact) mass is 274 g/mol. The lowest BCUT2D eigenvalue weighted by Crippen LogP contribution is -2.21. The first-order valence-electron chi connectivity index (χ1n) is 4.38. The lowest BCUT2D eigenvalue weighted by atomic mass is 10.1. The normalized spacial score (nSPS) is 12.5. The number of methoxy groups -OCH3 is 1. The zero-order valence-corrected chi connectivity index (χ0v) is 10.0. The maximum absolute atomic E-state index is 11.5. The molecule has 0 saturated carbocycles. The zero-order valence-electron chi connectivity index (χ0n) is 8.45. The molecule has 0 aliphatic carbocycles. The van der Waals surface area contributed by atoms with Gasteiger partial charge in [0.1, 0.15) is 6.10 Å². The van der Waals surface area contributed by atoms with Crippen LogP contribution in [-0.4, -0.2) is 24.8 Å². The predicted octanol–water partition coefficient (Wildman–Crippen LogP) is 2.22. The Labute approximate surface area is 95.7 Å². The van der Waals surface area contributed by atoms with Crippen LogP contribution in [0.1, 0.15) is 23.9 Å². The van der Waals surface area contributed by atoms with Crippen molar-refractivity contribution >= 4 is 27.5 Å². The third kappa shape index (κ3) is 3.28. The Hall–Kier alpha value is -0.940. The first kappa shape index (κ1) is 12.1. The average Bonchev–Trinajstić information content (AvgIpc) is 2.63. The highest BCUT2D eigenvalue weighted by molar-refractivity contribution is 9.10. The maximum Gasteiger partial charge on any atom is 0.205 e. The minimum absolute atomic E-state index is 0.179. The van der Waals surface area contributed by atoms with Gasteiger partial charge in [-0.05, 0) is 35.0 Å². The van der Waals surface area contributed by atoms with Crippen molar-refractivity contribution in [3.05, 3.63) is 22.6 Å². The Bertz CT molecular complexity index is 369. The lowest BCUT2D eigenvalue weighted by molar-refractivity contribution is -0.126. The van der Waals surface area contributed by atoms with Gasteiger partial charge in [0.25, 0.3) is 0 Å². The van der Waals surface area contributed by atoms with Gasteiger partial charge in [0.15, 0.2) is 16.2 Å². The Morgan fingerprint density at radius 2 is 2.20 bits per heavy atom. The standard InChI is InChI=1S/C10H11BrO4/c1-6(14-2)7(12)5-8(13)9-3-4-10(11)15-9/h3-4,6H,5H2,1-2H3. The second-order valence-corrected chi connectivity index (χ2v) is 3.83. The fourth-order valence-electron chi connectivity index (χ4n) is 0.985. The Morgan fingerprint density at radius 1 is 1.53 bits per heavy atom. The highest BCUT2D eigenvalue weighted by Crippen LogP contribution is 2.15. The van der Waals surface area contributed by atoms with Crippen LogP contribution in [-0.2, 0) is 9.53 Å². The van der Waals surface area contributed by atoms with Crippen LogP contribution in [0.5, 0.6) is 0 Å². The molecule has 0 bridgehead atoms. The number of halogens is 1. The van der Waals surface area contributed by atoms with Crippen LogP contribution >= 0.6 is 15.9 Å². The summed E-state index contributed by atoms with van der Waals surface area (Å²) < 4.78 is 10.3. The van der Waals surface area contributed by atoms with Crippen molar-refractivity contribution in [3.63, 3.8) is 0 Å². The number of ether oxygens (including phenoxy) is 1. The summed E-state index contributed by atoms with van der Waals surface area (Å²) in [4.78, 5) is 22.9. The number of rotatable bonds is 5. The number of carbonyl (C=O) groups is 2. The molecule has 1 unspecified atom stereocenters. The molecule has 0 aliphatic rings. The number of carbonyl (C=O) groups excluding carboxylic acids is 2. The SMILES string of the molecule is COC(C)C(=O)CC(=O)c1ccc(Br)o1. The summed E-state index contributed by atoms with van der Waals surface area (Å²) >= 11 is 3.08.